The van der Waals surface area contributed by atoms with Crippen LogP contribution in [0.25, 0.3) is 11.6 Å². The number of nitro groups is 1. The minimum absolute atomic E-state index is 0.0343. The largest absolute Gasteiger partial charge is 0.490 e. The van der Waals surface area contributed by atoms with E-state index in [2.05, 4.69) is 12.6 Å². The summed E-state index contributed by atoms with van der Waals surface area (Å²) >= 11 is 6.27. The first-order valence-corrected chi connectivity index (χ1v) is 11.0. The van der Waals surface area contributed by atoms with Crippen LogP contribution in [0.1, 0.15) is 29.2 Å². The van der Waals surface area contributed by atoms with Crippen LogP contribution in [-0.2, 0) is 13.0 Å². The molecular formula is C27H23ClN2O4. The Balaban J connectivity index is 2.00. The lowest BCUT2D eigenvalue weighted by atomic mass is 10.0. The van der Waals surface area contributed by atoms with Gasteiger partial charge in [-0.1, -0.05) is 35.9 Å². The molecule has 0 fully saturated rings. The number of ether oxygens (including phenoxy) is 2. The molecule has 0 saturated heterocycles. The number of non-ortho nitro benzene ring substituents is 1. The molecule has 0 atom stereocenters. The summed E-state index contributed by atoms with van der Waals surface area (Å²) in [5, 5.41) is 21.3. The molecule has 0 amide bonds. The van der Waals surface area contributed by atoms with Crippen molar-refractivity contribution in [1.29, 1.82) is 5.26 Å². The third kappa shape index (κ3) is 6.03. The summed E-state index contributed by atoms with van der Waals surface area (Å²) in [5.74, 6) is 1.13. The highest BCUT2D eigenvalue weighted by Crippen LogP contribution is 2.36. The zero-order valence-electron chi connectivity index (χ0n) is 18.7. The van der Waals surface area contributed by atoms with Gasteiger partial charge in [0.1, 0.15) is 6.61 Å². The van der Waals surface area contributed by atoms with Gasteiger partial charge in [0, 0.05) is 28.3 Å². The lowest BCUT2D eigenvalue weighted by Crippen LogP contribution is -2.03. The second-order valence-corrected chi connectivity index (χ2v) is 7.69. The fraction of sp³-hybridized carbons (Fsp3) is 0.148. The van der Waals surface area contributed by atoms with E-state index < -0.39 is 4.92 Å². The van der Waals surface area contributed by atoms with Crippen LogP contribution in [0.4, 0.5) is 5.69 Å². The van der Waals surface area contributed by atoms with Crippen molar-refractivity contribution in [2.45, 2.75) is 20.0 Å². The standard InChI is InChI=1S/C27H23ClN2O4/c1-3-7-21-14-19(15-23(17-29)20-10-12-24(13-11-20)30(31)32)16-26(33-4-2)27(21)34-18-22-8-5-6-9-25(22)28/h3,5-6,8-16H,1,4,7,18H2,2H3/b23-15+. The summed E-state index contributed by atoms with van der Waals surface area (Å²) < 4.78 is 12.0. The number of rotatable bonds is 10. The van der Waals surface area contributed by atoms with E-state index in [1.54, 1.807) is 30.4 Å². The topological polar surface area (TPSA) is 85.4 Å². The molecule has 0 spiro atoms. The van der Waals surface area contributed by atoms with E-state index in [4.69, 9.17) is 21.1 Å². The maximum Gasteiger partial charge on any atom is 0.269 e. The molecule has 0 aliphatic carbocycles. The van der Waals surface area contributed by atoms with E-state index in [9.17, 15) is 15.4 Å². The molecule has 0 aliphatic rings. The van der Waals surface area contributed by atoms with Crippen LogP contribution < -0.4 is 9.47 Å². The van der Waals surface area contributed by atoms with Crippen molar-refractivity contribution in [1.82, 2.24) is 0 Å². The van der Waals surface area contributed by atoms with Gasteiger partial charge in [-0.25, -0.2) is 0 Å². The third-order valence-corrected chi connectivity index (χ3v) is 5.34. The predicted molar refractivity (Wildman–Crippen MR) is 134 cm³/mol. The van der Waals surface area contributed by atoms with Gasteiger partial charge >= 0.3 is 0 Å². The summed E-state index contributed by atoms with van der Waals surface area (Å²) in [6, 6.07) is 19.2. The Labute approximate surface area is 203 Å². The predicted octanol–water partition coefficient (Wildman–Crippen LogP) is 7.02. The van der Waals surface area contributed by atoms with E-state index in [1.165, 1.54) is 12.1 Å². The second kappa shape index (κ2) is 11.7. The fourth-order valence-corrected chi connectivity index (χ4v) is 3.57. The number of hydrogen-bond acceptors (Lipinski definition) is 5. The summed E-state index contributed by atoms with van der Waals surface area (Å²) in [4.78, 5) is 10.4. The van der Waals surface area contributed by atoms with Crippen LogP contribution in [0, 0.1) is 21.4 Å². The Morgan fingerprint density at radius 1 is 1.15 bits per heavy atom. The molecule has 172 valence electrons. The fourth-order valence-electron chi connectivity index (χ4n) is 3.38. The molecule has 34 heavy (non-hydrogen) atoms. The number of hydrogen-bond donors (Lipinski definition) is 0. The first kappa shape index (κ1) is 24.6. The zero-order chi connectivity index (χ0) is 24.5. The van der Waals surface area contributed by atoms with E-state index in [-0.39, 0.29) is 12.3 Å². The van der Waals surface area contributed by atoms with Gasteiger partial charge in [-0.05, 0) is 60.9 Å². The Morgan fingerprint density at radius 3 is 2.50 bits per heavy atom. The third-order valence-electron chi connectivity index (χ3n) is 4.97. The molecule has 6 nitrogen and oxygen atoms in total. The van der Waals surface area contributed by atoms with Gasteiger partial charge < -0.3 is 9.47 Å². The molecule has 0 radical (unpaired) electrons. The van der Waals surface area contributed by atoms with Crippen LogP contribution in [0.3, 0.4) is 0 Å². The molecule has 0 N–H and O–H groups in total. The quantitative estimate of drug-likeness (QED) is 0.104. The van der Waals surface area contributed by atoms with E-state index in [0.717, 1.165) is 16.7 Å². The van der Waals surface area contributed by atoms with Gasteiger partial charge in [-0.2, -0.15) is 5.26 Å². The van der Waals surface area contributed by atoms with Gasteiger partial charge in [0.2, 0.25) is 0 Å². The van der Waals surface area contributed by atoms with Crippen molar-refractivity contribution < 1.29 is 14.4 Å². The van der Waals surface area contributed by atoms with E-state index in [1.807, 2.05) is 37.3 Å². The van der Waals surface area contributed by atoms with Crippen LogP contribution in [0.2, 0.25) is 5.02 Å². The van der Waals surface area contributed by atoms with Crippen molar-refractivity contribution in [2.24, 2.45) is 0 Å². The van der Waals surface area contributed by atoms with Crippen molar-refractivity contribution in [3.63, 3.8) is 0 Å². The van der Waals surface area contributed by atoms with Crippen molar-refractivity contribution in [3.05, 3.63) is 111 Å². The van der Waals surface area contributed by atoms with Gasteiger partial charge in [0.05, 0.1) is 23.2 Å². The molecule has 3 aromatic rings. The molecule has 0 unspecified atom stereocenters. The number of nitro benzene ring substituents is 1. The van der Waals surface area contributed by atoms with Crippen LogP contribution in [-0.4, -0.2) is 11.5 Å². The first-order chi connectivity index (χ1) is 16.5. The number of allylic oxidation sites excluding steroid dienone is 2. The van der Waals surface area contributed by atoms with Crippen LogP contribution in [0.15, 0.2) is 73.3 Å². The monoisotopic (exact) mass is 474 g/mol. The van der Waals surface area contributed by atoms with E-state index >= 15 is 0 Å². The number of nitrogens with zero attached hydrogens (tertiary/aromatic N) is 2. The Kier molecular flexibility index (Phi) is 8.44. The summed E-state index contributed by atoms with van der Waals surface area (Å²) in [6.45, 7) is 6.42. The molecular weight excluding hydrogens is 452 g/mol. The minimum Gasteiger partial charge on any atom is -0.490 e. The molecule has 0 aromatic heterocycles. The highest BCUT2D eigenvalue weighted by atomic mass is 35.5. The zero-order valence-corrected chi connectivity index (χ0v) is 19.4. The maximum absolute atomic E-state index is 10.9. The Hall–Kier alpha value is -4.08. The summed E-state index contributed by atoms with van der Waals surface area (Å²) in [7, 11) is 0. The molecule has 0 heterocycles. The number of halogens is 1. The van der Waals surface area contributed by atoms with Crippen molar-refractivity contribution in [3.8, 4) is 17.6 Å². The lowest BCUT2D eigenvalue weighted by molar-refractivity contribution is -0.384. The SMILES string of the molecule is C=CCc1cc(/C=C(\C#N)c2ccc([N+](=O)[O-])cc2)cc(OCC)c1OCc1ccccc1Cl. The Bertz CT molecular complexity index is 1260. The Morgan fingerprint density at radius 2 is 1.88 bits per heavy atom. The highest BCUT2D eigenvalue weighted by Gasteiger charge is 2.15. The molecule has 3 rings (SSSR count). The summed E-state index contributed by atoms with van der Waals surface area (Å²) in [6.07, 6.45) is 4.01. The molecule has 0 aliphatic heterocycles. The number of benzene rings is 3. The first-order valence-electron chi connectivity index (χ1n) is 10.6. The van der Waals surface area contributed by atoms with Crippen LogP contribution in [0.5, 0.6) is 11.5 Å². The average Bonchev–Trinajstić information content (AvgIpc) is 2.83. The molecule has 0 bridgehead atoms. The molecule has 0 saturated carbocycles. The minimum atomic E-state index is -0.475. The lowest BCUT2D eigenvalue weighted by Gasteiger charge is -2.17. The molecule has 3 aromatic carbocycles. The van der Waals surface area contributed by atoms with Crippen molar-refractivity contribution in [2.75, 3.05) is 6.61 Å². The second-order valence-electron chi connectivity index (χ2n) is 7.29. The van der Waals surface area contributed by atoms with Crippen LogP contribution >= 0.6 is 11.6 Å². The van der Waals surface area contributed by atoms with E-state index in [0.29, 0.717) is 40.7 Å². The van der Waals surface area contributed by atoms with Gasteiger partial charge in [-0.15, -0.1) is 6.58 Å². The van der Waals surface area contributed by atoms with Crippen molar-refractivity contribution >= 4 is 28.9 Å². The smallest absolute Gasteiger partial charge is 0.269 e. The summed E-state index contributed by atoms with van der Waals surface area (Å²) in [5.41, 5.74) is 3.35. The molecule has 7 heteroatoms. The normalized spacial score (nSPS) is 10.9. The van der Waals surface area contributed by atoms with Gasteiger partial charge in [-0.3, -0.25) is 10.1 Å². The van der Waals surface area contributed by atoms with Gasteiger partial charge in [0.25, 0.3) is 5.69 Å². The highest BCUT2D eigenvalue weighted by molar-refractivity contribution is 6.31. The van der Waals surface area contributed by atoms with Gasteiger partial charge in [0.15, 0.2) is 11.5 Å². The number of nitriles is 1. The maximum atomic E-state index is 10.9. The average molecular weight is 475 g/mol.